The molecule has 0 unspecified atom stereocenters. The molecule has 0 radical (unpaired) electrons. The fourth-order valence-electron chi connectivity index (χ4n) is 2.15. The van der Waals surface area contributed by atoms with Gasteiger partial charge in [0.25, 0.3) is 5.91 Å². The van der Waals surface area contributed by atoms with Gasteiger partial charge in [-0.2, -0.15) is 0 Å². The lowest BCUT2D eigenvalue weighted by atomic mass is 9.95. The zero-order chi connectivity index (χ0) is 13.8. The van der Waals surface area contributed by atoms with Crippen LogP contribution in [0.25, 0.3) is 0 Å². The van der Waals surface area contributed by atoms with Gasteiger partial charge in [0.05, 0.1) is 0 Å². The fourth-order valence-corrected chi connectivity index (χ4v) is 2.58. The van der Waals surface area contributed by atoms with Crippen LogP contribution in [-0.4, -0.2) is 39.9 Å². The third kappa shape index (κ3) is 3.04. The molecule has 6 nitrogen and oxygen atoms in total. The molecule has 1 aromatic rings. The lowest BCUT2D eigenvalue weighted by Crippen LogP contribution is -2.42. The van der Waals surface area contributed by atoms with Crippen molar-refractivity contribution in [2.75, 3.05) is 13.1 Å². The van der Waals surface area contributed by atoms with Gasteiger partial charge in [0, 0.05) is 29.7 Å². The summed E-state index contributed by atoms with van der Waals surface area (Å²) in [7, 11) is 0. The van der Waals surface area contributed by atoms with Gasteiger partial charge < -0.3 is 15.8 Å². The highest BCUT2D eigenvalue weighted by Crippen LogP contribution is 2.21. The summed E-state index contributed by atoms with van der Waals surface area (Å²) in [5.74, 6) is 0.192. The van der Waals surface area contributed by atoms with Crippen LogP contribution in [0.1, 0.15) is 23.3 Å². The first-order chi connectivity index (χ1) is 9.13. The van der Waals surface area contributed by atoms with E-state index in [4.69, 9.17) is 10.9 Å². The maximum absolute atomic E-state index is 12.3. The lowest BCUT2D eigenvalue weighted by Gasteiger charge is -2.31. The molecule has 0 spiro atoms. The molecule has 3 N–H and O–H groups in total. The molecule has 7 heteroatoms. The Labute approximate surface area is 119 Å². The van der Waals surface area contributed by atoms with Gasteiger partial charge >= 0.3 is 0 Å². The third-order valence-corrected chi connectivity index (χ3v) is 3.92. The van der Waals surface area contributed by atoms with Crippen LogP contribution in [0, 0.1) is 5.92 Å². The number of amidine groups is 1. The van der Waals surface area contributed by atoms with E-state index in [9.17, 15) is 4.79 Å². The van der Waals surface area contributed by atoms with E-state index in [1.54, 1.807) is 23.2 Å². The van der Waals surface area contributed by atoms with E-state index in [1.807, 2.05) is 0 Å². The Morgan fingerprint density at radius 3 is 2.79 bits per heavy atom. The summed E-state index contributed by atoms with van der Waals surface area (Å²) < 4.78 is 0.693. The quantitative estimate of drug-likeness (QED) is 0.372. The Bertz CT molecular complexity index is 498. The summed E-state index contributed by atoms with van der Waals surface area (Å²) in [6.07, 6.45) is 3.00. The second kappa shape index (κ2) is 6.01. The lowest BCUT2D eigenvalue weighted by molar-refractivity contribution is 0.0702. The average Bonchev–Trinajstić information content (AvgIpc) is 2.46. The highest BCUT2D eigenvalue weighted by atomic mass is 79.9. The first-order valence-corrected chi connectivity index (χ1v) is 6.80. The normalized spacial score (nSPS) is 17.5. The molecule has 1 aliphatic rings. The van der Waals surface area contributed by atoms with E-state index in [0.29, 0.717) is 36.1 Å². The standard InChI is InChI=1S/C12H15BrN4O2/c13-9-2-1-5-15-10(9)12(18)17-6-3-8(4-7-17)11(14)16-19/h1-2,5,8,19H,3-4,6-7H2,(H2,14,16). The number of pyridine rings is 1. The number of piperidine rings is 1. The topological polar surface area (TPSA) is 91.8 Å². The minimum atomic E-state index is -0.0922. The molecule has 1 aromatic heterocycles. The molecule has 2 heterocycles. The summed E-state index contributed by atoms with van der Waals surface area (Å²) in [4.78, 5) is 18.1. The van der Waals surface area contributed by atoms with Crippen molar-refractivity contribution in [1.29, 1.82) is 0 Å². The summed E-state index contributed by atoms with van der Waals surface area (Å²) in [5, 5.41) is 11.7. The predicted octanol–water partition coefficient (Wildman–Crippen LogP) is 1.44. The summed E-state index contributed by atoms with van der Waals surface area (Å²) >= 11 is 3.33. The Kier molecular flexibility index (Phi) is 4.36. The molecular formula is C12H15BrN4O2. The molecule has 102 valence electrons. The zero-order valence-corrected chi connectivity index (χ0v) is 11.9. The summed E-state index contributed by atoms with van der Waals surface area (Å²) in [5.41, 5.74) is 6.00. The van der Waals surface area contributed by atoms with Crippen molar-refractivity contribution in [2.24, 2.45) is 16.8 Å². The fraction of sp³-hybridized carbons (Fsp3) is 0.417. The van der Waals surface area contributed by atoms with Crippen LogP contribution in [0.15, 0.2) is 28.0 Å². The predicted molar refractivity (Wildman–Crippen MR) is 74.0 cm³/mol. The van der Waals surface area contributed by atoms with Crippen LogP contribution < -0.4 is 5.73 Å². The molecular weight excluding hydrogens is 312 g/mol. The number of oxime groups is 1. The van der Waals surface area contributed by atoms with E-state index in [0.717, 1.165) is 0 Å². The second-order valence-corrected chi connectivity index (χ2v) is 5.28. The van der Waals surface area contributed by atoms with E-state index in [2.05, 4.69) is 26.1 Å². The first-order valence-electron chi connectivity index (χ1n) is 6.00. The molecule has 1 aliphatic heterocycles. The van der Waals surface area contributed by atoms with Crippen molar-refractivity contribution in [3.05, 3.63) is 28.5 Å². The molecule has 0 bridgehead atoms. The number of hydrogen-bond acceptors (Lipinski definition) is 4. The third-order valence-electron chi connectivity index (χ3n) is 3.28. The number of nitrogens with zero attached hydrogens (tertiary/aromatic N) is 3. The maximum atomic E-state index is 12.3. The van der Waals surface area contributed by atoms with Crippen LogP contribution in [0.2, 0.25) is 0 Å². The van der Waals surface area contributed by atoms with Gasteiger partial charge in [-0.05, 0) is 40.9 Å². The molecule has 1 saturated heterocycles. The number of nitrogens with two attached hydrogens (primary N) is 1. The van der Waals surface area contributed by atoms with E-state index in [1.165, 1.54) is 0 Å². The highest BCUT2D eigenvalue weighted by Gasteiger charge is 2.27. The number of likely N-dealkylation sites (tertiary alicyclic amines) is 1. The Morgan fingerprint density at radius 1 is 1.53 bits per heavy atom. The van der Waals surface area contributed by atoms with Gasteiger partial charge in [-0.25, -0.2) is 4.98 Å². The van der Waals surface area contributed by atoms with Gasteiger partial charge in [-0.3, -0.25) is 4.79 Å². The van der Waals surface area contributed by atoms with Gasteiger partial charge in [-0.1, -0.05) is 5.16 Å². The number of carbonyl (C=O) groups excluding carboxylic acids is 1. The second-order valence-electron chi connectivity index (χ2n) is 4.43. The van der Waals surface area contributed by atoms with E-state index < -0.39 is 0 Å². The van der Waals surface area contributed by atoms with E-state index in [-0.39, 0.29) is 17.7 Å². The summed E-state index contributed by atoms with van der Waals surface area (Å²) in [6.45, 7) is 1.17. The smallest absolute Gasteiger partial charge is 0.273 e. The average molecular weight is 327 g/mol. The van der Waals surface area contributed by atoms with Gasteiger partial charge in [0.2, 0.25) is 0 Å². The number of hydrogen-bond donors (Lipinski definition) is 2. The van der Waals surface area contributed by atoms with E-state index >= 15 is 0 Å². The number of carbonyl (C=O) groups is 1. The highest BCUT2D eigenvalue weighted by molar-refractivity contribution is 9.10. The van der Waals surface area contributed by atoms with Crippen molar-refractivity contribution in [3.63, 3.8) is 0 Å². The van der Waals surface area contributed by atoms with Crippen LogP contribution in [0.3, 0.4) is 0 Å². The molecule has 0 aromatic carbocycles. The first kappa shape index (κ1) is 13.8. The Balaban J connectivity index is 2.02. The van der Waals surface area contributed by atoms with Crippen molar-refractivity contribution in [3.8, 4) is 0 Å². The molecule has 0 saturated carbocycles. The minimum absolute atomic E-state index is 0.0428. The zero-order valence-electron chi connectivity index (χ0n) is 10.3. The Morgan fingerprint density at radius 2 is 2.21 bits per heavy atom. The molecule has 19 heavy (non-hydrogen) atoms. The molecule has 2 rings (SSSR count). The molecule has 1 amide bonds. The van der Waals surface area contributed by atoms with Gasteiger partial charge in [0.1, 0.15) is 11.5 Å². The number of aromatic nitrogens is 1. The van der Waals surface area contributed by atoms with Gasteiger partial charge in [-0.15, -0.1) is 0 Å². The van der Waals surface area contributed by atoms with Crippen molar-refractivity contribution < 1.29 is 10.0 Å². The Hall–Kier alpha value is -1.63. The molecule has 0 atom stereocenters. The number of amides is 1. The summed E-state index contributed by atoms with van der Waals surface area (Å²) in [6, 6.07) is 3.56. The molecule has 0 aliphatic carbocycles. The van der Waals surface area contributed by atoms with Crippen molar-refractivity contribution >= 4 is 27.7 Å². The minimum Gasteiger partial charge on any atom is -0.409 e. The van der Waals surface area contributed by atoms with Crippen LogP contribution >= 0.6 is 15.9 Å². The largest absolute Gasteiger partial charge is 0.409 e. The van der Waals surface area contributed by atoms with Crippen molar-refractivity contribution in [1.82, 2.24) is 9.88 Å². The van der Waals surface area contributed by atoms with Crippen LogP contribution in [0.4, 0.5) is 0 Å². The van der Waals surface area contributed by atoms with Crippen molar-refractivity contribution in [2.45, 2.75) is 12.8 Å². The number of rotatable bonds is 2. The molecule has 1 fully saturated rings. The SMILES string of the molecule is N/C(=N/O)C1CCN(C(=O)c2ncccc2Br)CC1. The number of halogens is 1. The van der Waals surface area contributed by atoms with Crippen LogP contribution in [-0.2, 0) is 0 Å². The maximum Gasteiger partial charge on any atom is 0.273 e. The van der Waals surface area contributed by atoms with Gasteiger partial charge in [0.15, 0.2) is 0 Å². The monoisotopic (exact) mass is 326 g/mol. The van der Waals surface area contributed by atoms with Crippen LogP contribution in [0.5, 0.6) is 0 Å².